The van der Waals surface area contributed by atoms with Crippen LogP contribution in [0.15, 0.2) is 10.6 Å². The molecular formula is C13H21N3O4. The Kier molecular flexibility index (Phi) is 6.02. The fraction of sp³-hybridized carbons (Fsp3) is 0.615. The highest BCUT2D eigenvalue weighted by molar-refractivity contribution is 5.74. The third-order valence-electron chi connectivity index (χ3n) is 2.88. The van der Waals surface area contributed by atoms with Crippen LogP contribution < -0.4 is 10.6 Å². The number of rotatable bonds is 7. The van der Waals surface area contributed by atoms with Crippen molar-refractivity contribution in [2.75, 3.05) is 6.54 Å². The molecule has 2 atom stereocenters. The minimum atomic E-state index is -0.817. The van der Waals surface area contributed by atoms with Gasteiger partial charge < -0.3 is 20.2 Å². The number of nitrogens with one attached hydrogen (secondary N) is 2. The number of carboxylic acids is 1. The van der Waals surface area contributed by atoms with Gasteiger partial charge in [-0.2, -0.15) is 0 Å². The summed E-state index contributed by atoms with van der Waals surface area (Å²) < 4.78 is 5.31. The molecule has 0 spiro atoms. The average Bonchev–Trinajstić information content (AvgIpc) is 2.81. The van der Waals surface area contributed by atoms with E-state index in [0.717, 1.165) is 0 Å². The van der Waals surface area contributed by atoms with Crippen LogP contribution in [0.25, 0.3) is 0 Å². The molecule has 2 amide bonds. The Morgan fingerprint density at radius 3 is 2.70 bits per heavy atom. The van der Waals surface area contributed by atoms with Gasteiger partial charge in [0.2, 0.25) is 5.89 Å². The summed E-state index contributed by atoms with van der Waals surface area (Å²) in [5.74, 6) is -0.0646. The second kappa shape index (κ2) is 7.52. The molecule has 0 aliphatic rings. The summed E-state index contributed by atoms with van der Waals surface area (Å²) in [5, 5.41) is 14.1. The van der Waals surface area contributed by atoms with Gasteiger partial charge >= 0.3 is 12.0 Å². The number of carbonyl (C=O) groups excluding carboxylic acids is 1. The first-order valence-corrected chi connectivity index (χ1v) is 6.59. The lowest BCUT2D eigenvalue weighted by molar-refractivity contribution is -0.141. The van der Waals surface area contributed by atoms with E-state index in [2.05, 4.69) is 15.6 Å². The smallest absolute Gasteiger partial charge is 0.315 e. The zero-order chi connectivity index (χ0) is 15.1. The summed E-state index contributed by atoms with van der Waals surface area (Å²) in [6.45, 7) is 5.64. The topological polar surface area (TPSA) is 104 Å². The Morgan fingerprint density at radius 2 is 2.15 bits per heavy atom. The van der Waals surface area contributed by atoms with Crippen LogP contribution in [0.3, 0.4) is 0 Å². The van der Waals surface area contributed by atoms with Crippen molar-refractivity contribution in [2.45, 2.75) is 39.7 Å². The van der Waals surface area contributed by atoms with Gasteiger partial charge in [0, 0.05) is 6.54 Å². The van der Waals surface area contributed by atoms with Crippen molar-refractivity contribution in [1.82, 2.24) is 15.6 Å². The Morgan fingerprint density at radius 1 is 1.45 bits per heavy atom. The van der Waals surface area contributed by atoms with Crippen LogP contribution in [0.5, 0.6) is 0 Å². The van der Waals surface area contributed by atoms with Gasteiger partial charge in [-0.15, -0.1) is 0 Å². The summed E-state index contributed by atoms with van der Waals surface area (Å²) in [4.78, 5) is 26.3. The molecule has 0 fully saturated rings. The molecule has 0 aromatic carbocycles. The number of nitrogens with zero attached hydrogens (tertiary/aromatic N) is 1. The maximum atomic E-state index is 11.6. The minimum absolute atomic E-state index is 0.318. The average molecular weight is 283 g/mol. The van der Waals surface area contributed by atoms with Crippen molar-refractivity contribution in [3.05, 3.63) is 17.8 Å². The highest BCUT2D eigenvalue weighted by Gasteiger charge is 2.14. The summed E-state index contributed by atoms with van der Waals surface area (Å²) in [6.07, 6.45) is 2.75. The zero-order valence-corrected chi connectivity index (χ0v) is 12.0. The van der Waals surface area contributed by atoms with Crippen LogP contribution in [-0.4, -0.2) is 28.6 Å². The molecule has 0 aliphatic carbocycles. The molecule has 7 nitrogen and oxygen atoms in total. The summed E-state index contributed by atoms with van der Waals surface area (Å²) in [5.41, 5.74) is 0. The van der Waals surface area contributed by atoms with E-state index < -0.39 is 11.9 Å². The molecule has 1 aromatic heterocycles. The highest BCUT2D eigenvalue weighted by atomic mass is 16.4. The number of aliphatic carboxylic acids is 1. The standard InChI is InChI=1S/C13H21N3O4/c1-8(12(17)18)5-4-6-14-13(19)16-10(3)11-15-7-9(2)20-11/h7-8,10H,4-6H2,1-3H3,(H,17,18)(H2,14,16,19). The van der Waals surface area contributed by atoms with Crippen LogP contribution in [0.1, 0.15) is 44.4 Å². The lowest BCUT2D eigenvalue weighted by atomic mass is 10.1. The maximum Gasteiger partial charge on any atom is 0.315 e. The van der Waals surface area contributed by atoms with Crippen LogP contribution >= 0.6 is 0 Å². The Bertz CT molecular complexity index is 458. The van der Waals surface area contributed by atoms with E-state index in [1.54, 1.807) is 27.0 Å². The van der Waals surface area contributed by atoms with Crippen LogP contribution in [0.2, 0.25) is 0 Å². The molecule has 0 radical (unpaired) electrons. The first-order chi connectivity index (χ1) is 9.40. The van der Waals surface area contributed by atoms with Gasteiger partial charge in [0.15, 0.2) is 0 Å². The molecular weight excluding hydrogens is 262 g/mol. The number of aromatic nitrogens is 1. The molecule has 112 valence electrons. The normalized spacial score (nSPS) is 13.6. The number of hydrogen-bond donors (Lipinski definition) is 3. The number of oxazole rings is 1. The fourth-order valence-electron chi connectivity index (χ4n) is 1.62. The molecule has 3 N–H and O–H groups in total. The van der Waals surface area contributed by atoms with E-state index >= 15 is 0 Å². The molecule has 7 heteroatoms. The largest absolute Gasteiger partial charge is 0.481 e. The minimum Gasteiger partial charge on any atom is -0.481 e. The zero-order valence-electron chi connectivity index (χ0n) is 12.0. The lowest BCUT2D eigenvalue weighted by Crippen LogP contribution is -2.37. The van der Waals surface area contributed by atoms with Crippen molar-refractivity contribution in [3.63, 3.8) is 0 Å². The maximum absolute atomic E-state index is 11.6. The molecule has 1 aromatic rings. The van der Waals surface area contributed by atoms with Crippen molar-refractivity contribution >= 4 is 12.0 Å². The predicted octanol–water partition coefficient (Wildman–Crippen LogP) is 1.84. The second-order valence-corrected chi connectivity index (χ2v) is 4.81. The number of carbonyl (C=O) groups is 2. The fourth-order valence-corrected chi connectivity index (χ4v) is 1.62. The first-order valence-electron chi connectivity index (χ1n) is 6.59. The van der Waals surface area contributed by atoms with E-state index in [4.69, 9.17) is 9.52 Å². The second-order valence-electron chi connectivity index (χ2n) is 4.81. The molecule has 0 bridgehead atoms. The molecule has 2 unspecified atom stereocenters. The lowest BCUT2D eigenvalue weighted by Gasteiger charge is -2.12. The Balaban J connectivity index is 2.22. The van der Waals surface area contributed by atoms with E-state index in [1.807, 2.05) is 0 Å². The Hall–Kier alpha value is -2.05. The molecule has 0 aliphatic heterocycles. The molecule has 1 heterocycles. The molecule has 0 saturated heterocycles. The van der Waals surface area contributed by atoms with E-state index in [1.165, 1.54) is 0 Å². The molecule has 0 saturated carbocycles. The van der Waals surface area contributed by atoms with E-state index in [9.17, 15) is 9.59 Å². The van der Waals surface area contributed by atoms with Gasteiger partial charge in [-0.25, -0.2) is 9.78 Å². The van der Waals surface area contributed by atoms with Crippen LogP contribution in [-0.2, 0) is 4.79 Å². The van der Waals surface area contributed by atoms with Gasteiger partial charge in [0.05, 0.1) is 12.1 Å². The number of hydrogen-bond acceptors (Lipinski definition) is 4. The molecule has 1 rings (SSSR count). The highest BCUT2D eigenvalue weighted by Crippen LogP contribution is 2.11. The number of carboxylic acid groups (broad SMARTS) is 1. The van der Waals surface area contributed by atoms with Crippen LogP contribution in [0.4, 0.5) is 4.79 Å². The predicted molar refractivity (Wildman–Crippen MR) is 72.2 cm³/mol. The van der Waals surface area contributed by atoms with Gasteiger partial charge in [-0.1, -0.05) is 6.92 Å². The number of aryl methyl sites for hydroxylation is 1. The number of amides is 2. The van der Waals surface area contributed by atoms with E-state index in [-0.39, 0.29) is 12.1 Å². The quantitative estimate of drug-likeness (QED) is 0.662. The summed E-state index contributed by atoms with van der Waals surface area (Å²) in [6, 6.07) is -0.641. The van der Waals surface area contributed by atoms with Gasteiger partial charge in [-0.3, -0.25) is 4.79 Å². The van der Waals surface area contributed by atoms with Gasteiger partial charge in [0.1, 0.15) is 11.8 Å². The third kappa shape index (κ3) is 5.29. The van der Waals surface area contributed by atoms with Crippen molar-refractivity contribution in [2.24, 2.45) is 5.92 Å². The number of urea groups is 1. The first kappa shape index (κ1) is 16.0. The summed E-state index contributed by atoms with van der Waals surface area (Å²) >= 11 is 0. The van der Waals surface area contributed by atoms with E-state index in [0.29, 0.717) is 31.0 Å². The van der Waals surface area contributed by atoms with Crippen molar-refractivity contribution < 1.29 is 19.1 Å². The van der Waals surface area contributed by atoms with Gasteiger partial charge in [0.25, 0.3) is 0 Å². The third-order valence-corrected chi connectivity index (χ3v) is 2.88. The SMILES string of the molecule is Cc1cnc(C(C)NC(=O)NCCCC(C)C(=O)O)o1. The van der Waals surface area contributed by atoms with Crippen molar-refractivity contribution in [1.29, 1.82) is 0 Å². The molecule has 20 heavy (non-hydrogen) atoms. The van der Waals surface area contributed by atoms with Crippen LogP contribution in [0, 0.1) is 12.8 Å². The van der Waals surface area contributed by atoms with Crippen molar-refractivity contribution in [3.8, 4) is 0 Å². The monoisotopic (exact) mass is 283 g/mol. The summed E-state index contributed by atoms with van der Waals surface area (Å²) in [7, 11) is 0. The van der Waals surface area contributed by atoms with Gasteiger partial charge in [-0.05, 0) is 26.7 Å². The Labute approximate surface area is 117 Å².